The minimum atomic E-state index is -3.51. The van der Waals surface area contributed by atoms with Crippen molar-refractivity contribution in [2.75, 3.05) is 22.7 Å². The van der Waals surface area contributed by atoms with E-state index >= 15 is 0 Å². The molecule has 2 aromatic rings. The molecule has 3 rings (SSSR count). The van der Waals surface area contributed by atoms with Crippen LogP contribution in [0.25, 0.3) is 0 Å². The van der Waals surface area contributed by atoms with E-state index in [-0.39, 0.29) is 0 Å². The minimum Gasteiger partial charge on any atom is -0.370 e. The van der Waals surface area contributed by atoms with Crippen LogP contribution in [-0.4, -0.2) is 26.5 Å². The third kappa shape index (κ3) is 2.78. The number of hydrogen-bond acceptors (Lipinski definition) is 5. The van der Waals surface area contributed by atoms with Crippen molar-refractivity contribution in [2.45, 2.75) is 17.1 Å². The number of nitrogens with zero attached hydrogens (tertiary/aromatic N) is 2. The van der Waals surface area contributed by atoms with Gasteiger partial charge in [-0.25, -0.2) is 13.4 Å². The van der Waals surface area contributed by atoms with Gasteiger partial charge in [0.05, 0.1) is 11.9 Å². The number of pyridine rings is 1. The van der Waals surface area contributed by atoms with Crippen molar-refractivity contribution in [3.05, 3.63) is 35.8 Å². The van der Waals surface area contributed by atoms with E-state index < -0.39 is 10.0 Å². The van der Waals surface area contributed by atoms with Gasteiger partial charge in [-0.2, -0.15) is 0 Å². The molecule has 1 N–H and O–H groups in total. The van der Waals surface area contributed by atoms with Crippen molar-refractivity contribution >= 4 is 32.9 Å². The van der Waals surface area contributed by atoms with Crippen LogP contribution >= 0.6 is 11.3 Å². The Hall–Kier alpha value is -1.60. The maximum Gasteiger partial charge on any atom is 0.272 e. The van der Waals surface area contributed by atoms with E-state index in [1.165, 1.54) is 24.2 Å². The van der Waals surface area contributed by atoms with Gasteiger partial charge < -0.3 is 4.90 Å². The van der Waals surface area contributed by atoms with Crippen LogP contribution in [0.4, 0.5) is 11.5 Å². The number of thiophene rings is 1. The molecule has 1 saturated heterocycles. The number of hydrogen-bond donors (Lipinski definition) is 1. The van der Waals surface area contributed by atoms with E-state index in [1.807, 2.05) is 6.07 Å². The topological polar surface area (TPSA) is 62.3 Å². The third-order valence-corrected chi connectivity index (χ3v) is 5.97. The average molecular weight is 309 g/mol. The molecule has 20 heavy (non-hydrogen) atoms. The van der Waals surface area contributed by atoms with Crippen molar-refractivity contribution < 1.29 is 8.42 Å². The molecule has 0 saturated carbocycles. The van der Waals surface area contributed by atoms with Gasteiger partial charge in [0.15, 0.2) is 0 Å². The third-order valence-electron chi connectivity index (χ3n) is 3.22. The van der Waals surface area contributed by atoms with Gasteiger partial charge in [-0.05, 0) is 36.4 Å². The highest BCUT2D eigenvalue weighted by molar-refractivity contribution is 7.94. The second kappa shape index (κ2) is 5.41. The molecule has 0 spiro atoms. The predicted octanol–water partition coefficient (Wildman–Crippen LogP) is 2.54. The first-order chi connectivity index (χ1) is 9.65. The quantitative estimate of drug-likeness (QED) is 0.943. The molecule has 0 bridgehead atoms. The monoisotopic (exact) mass is 309 g/mol. The van der Waals surface area contributed by atoms with Crippen LogP contribution in [0.5, 0.6) is 0 Å². The SMILES string of the molecule is O=S(=O)(Nc1ccc(N2CCCC2)cn1)c1cccs1. The van der Waals surface area contributed by atoms with Crippen LogP contribution in [-0.2, 0) is 10.0 Å². The van der Waals surface area contributed by atoms with Crippen molar-refractivity contribution in [2.24, 2.45) is 0 Å². The van der Waals surface area contributed by atoms with Crippen LogP contribution in [0.15, 0.2) is 40.1 Å². The molecule has 0 atom stereocenters. The van der Waals surface area contributed by atoms with Crippen molar-refractivity contribution in [1.29, 1.82) is 0 Å². The van der Waals surface area contributed by atoms with E-state index in [0.717, 1.165) is 18.8 Å². The van der Waals surface area contributed by atoms with E-state index in [4.69, 9.17) is 0 Å². The summed E-state index contributed by atoms with van der Waals surface area (Å²) in [5.74, 6) is 0.348. The molecule has 1 fully saturated rings. The zero-order valence-corrected chi connectivity index (χ0v) is 12.5. The second-order valence-corrected chi connectivity index (χ2v) is 7.49. The van der Waals surface area contributed by atoms with Gasteiger partial charge in [-0.1, -0.05) is 6.07 Å². The standard InChI is InChI=1S/C13H15N3O2S2/c17-20(18,13-4-3-9-19-13)15-12-6-5-11(10-14-12)16-7-1-2-8-16/h3-6,9-10H,1-2,7-8H2,(H,14,15). The minimum absolute atomic E-state index is 0.294. The molecular formula is C13H15N3O2S2. The zero-order valence-electron chi connectivity index (χ0n) is 10.8. The maximum absolute atomic E-state index is 12.1. The molecule has 2 aromatic heterocycles. The fourth-order valence-electron chi connectivity index (χ4n) is 2.21. The molecule has 0 amide bonds. The van der Waals surface area contributed by atoms with Crippen LogP contribution in [0.3, 0.4) is 0 Å². The van der Waals surface area contributed by atoms with Crippen LogP contribution in [0.1, 0.15) is 12.8 Å². The molecule has 5 nitrogen and oxygen atoms in total. The van der Waals surface area contributed by atoms with Crippen molar-refractivity contribution in [3.63, 3.8) is 0 Å². The van der Waals surface area contributed by atoms with Crippen LogP contribution in [0, 0.1) is 0 Å². The Morgan fingerprint density at radius 2 is 2.00 bits per heavy atom. The summed E-state index contributed by atoms with van der Waals surface area (Å²) < 4.78 is 26.9. The number of anilines is 2. The highest BCUT2D eigenvalue weighted by Crippen LogP contribution is 2.22. The largest absolute Gasteiger partial charge is 0.370 e. The Kier molecular flexibility index (Phi) is 3.62. The number of aromatic nitrogens is 1. The van der Waals surface area contributed by atoms with E-state index in [9.17, 15) is 8.42 Å². The molecule has 3 heterocycles. The highest BCUT2D eigenvalue weighted by Gasteiger charge is 2.16. The Labute approximate surface area is 122 Å². The summed E-state index contributed by atoms with van der Waals surface area (Å²) >= 11 is 1.19. The number of sulfonamides is 1. The van der Waals surface area contributed by atoms with Gasteiger partial charge in [0, 0.05) is 13.1 Å². The van der Waals surface area contributed by atoms with E-state index in [1.54, 1.807) is 29.8 Å². The highest BCUT2D eigenvalue weighted by atomic mass is 32.2. The van der Waals surface area contributed by atoms with E-state index in [2.05, 4.69) is 14.6 Å². The lowest BCUT2D eigenvalue weighted by molar-refractivity contribution is 0.603. The first-order valence-electron chi connectivity index (χ1n) is 6.42. The number of nitrogens with one attached hydrogen (secondary N) is 1. The first-order valence-corrected chi connectivity index (χ1v) is 8.79. The lowest BCUT2D eigenvalue weighted by Crippen LogP contribution is -2.18. The molecule has 0 radical (unpaired) electrons. The lowest BCUT2D eigenvalue weighted by atomic mass is 10.4. The van der Waals surface area contributed by atoms with Gasteiger partial charge in [0.2, 0.25) is 0 Å². The second-order valence-electron chi connectivity index (χ2n) is 4.63. The van der Waals surface area contributed by atoms with Gasteiger partial charge in [-0.3, -0.25) is 4.72 Å². The summed E-state index contributed by atoms with van der Waals surface area (Å²) in [4.78, 5) is 6.45. The van der Waals surface area contributed by atoms with Gasteiger partial charge in [-0.15, -0.1) is 11.3 Å². The Bertz CT molecular complexity index is 660. The molecule has 106 valence electrons. The van der Waals surface area contributed by atoms with Crippen molar-refractivity contribution in [1.82, 2.24) is 4.98 Å². The maximum atomic E-state index is 12.1. The summed E-state index contributed by atoms with van der Waals surface area (Å²) in [5.41, 5.74) is 1.04. The molecule has 0 unspecified atom stereocenters. The van der Waals surface area contributed by atoms with Gasteiger partial charge >= 0.3 is 0 Å². The Morgan fingerprint density at radius 3 is 2.60 bits per heavy atom. The van der Waals surface area contributed by atoms with Gasteiger partial charge in [0.25, 0.3) is 10.0 Å². The molecule has 1 aliphatic rings. The summed E-state index contributed by atoms with van der Waals surface area (Å²) in [6.07, 6.45) is 4.12. The van der Waals surface area contributed by atoms with Crippen LogP contribution in [0.2, 0.25) is 0 Å². The first kappa shape index (κ1) is 13.4. The van der Waals surface area contributed by atoms with Crippen molar-refractivity contribution in [3.8, 4) is 0 Å². The molecular weight excluding hydrogens is 294 g/mol. The predicted molar refractivity (Wildman–Crippen MR) is 80.8 cm³/mol. The zero-order chi connectivity index (χ0) is 14.0. The fraction of sp³-hybridized carbons (Fsp3) is 0.308. The molecule has 0 aromatic carbocycles. The van der Waals surface area contributed by atoms with E-state index in [0.29, 0.717) is 10.0 Å². The average Bonchev–Trinajstić information content (AvgIpc) is 3.13. The summed E-state index contributed by atoms with van der Waals surface area (Å²) in [7, 11) is -3.51. The smallest absolute Gasteiger partial charge is 0.272 e. The summed E-state index contributed by atoms with van der Waals surface area (Å²) in [5, 5.41) is 1.73. The summed E-state index contributed by atoms with van der Waals surface area (Å²) in [6.45, 7) is 2.09. The molecule has 1 aliphatic heterocycles. The molecule has 7 heteroatoms. The normalized spacial score (nSPS) is 15.5. The Balaban J connectivity index is 1.75. The summed E-state index contributed by atoms with van der Waals surface area (Å²) in [6, 6.07) is 6.90. The van der Waals surface area contributed by atoms with Crippen LogP contribution < -0.4 is 9.62 Å². The van der Waals surface area contributed by atoms with Gasteiger partial charge in [0.1, 0.15) is 10.0 Å². The Morgan fingerprint density at radius 1 is 1.20 bits per heavy atom. The number of rotatable bonds is 4. The lowest BCUT2D eigenvalue weighted by Gasteiger charge is -2.17. The fourth-order valence-corrected chi connectivity index (χ4v) is 4.21. The molecule has 0 aliphatic carbocycles.